The van der Waals surface area contributed by atoms with E-state index in [1.54, 1.807) is 19.1 Å². The number of sulfonamides is 1. The maximum absolute atomic E-state index is 13.1. The SMILES string of the molecule is Cc1ccc(NC(=O)COC(=O)c2cc([N+](=O)[O-])ccc2N2CCOCC2)cc1S(=O)(=O)N1CCOCC1. The molecule has 1 amide bonds. The van der Waals surface area contributed by atoms with Gasteiger partial charge in [0.1, 0.15) is 0 Å². The molecule has 0 radical (unpaired) electrons. The van der Waals surface area contributed by atoms with Gasteiger partial charge in [-0.15, -0.1) is 0 Å². The summed E-state index contributed by atoms with van der Waals surface area (Å²) >= 11 is 0. The molecule has 2 saturated heterocycles. The number of morpholine rings is 2. The van der Waals surface area contributed by atoms with Crippen LogP contribution in [0, 0.1) is 17.0 Å². The quantitative estimate of drug-likeness (QED) is 0.292. The first-order chi connectivity index (χ1) is 18.2. The van der Waals surface area contributed by atoms with Gasteiger partial charge in [0.05, 0.1) is 47.5 Å². The fourth-order valence-corrected chi connectivity index (χ4v) is 5.83. The molecular weight excluding hydrogens is 520 g/mol. The summed E-state index contributed by atoms with van der Waals surface area (Å²) in [5.74, 6) is -1.60. The second-order valence-electron chi connectivity index (χ2n) is 8.68. The zero-order chi connectivity index (χ0) is 27.3. The highest BCUT2D eigenvalue weighted by atomic mass is 32.2. The van der Waals surface area contributed by atoms with E-state index >= 15 is 0 Å². The number of aryl methyl sites for hydroxylation is 1. The van der Waals surface area contributed by atoms with Crippen LogP contribution in [0.3, 0.4) is 0 Å². The highest BCUT2D eigenvalue weighted by molar-refractivity contribution is 7.89. The molecule has 0 atom stereocenters. The Balaban J connectivity index is 1.45. The van der Waals surface area contributed by atoms with E-state index in [0.29, 0.717) is 50.8 Å². The third kappa shape index (κ3) is 6.27. The highest BCUT2D eigenvalue weighted by Gasteiger charge is 2.28. The Morgan fingerprint density at radius 3 is 2.34 bits per heavy atom. The van der Waals surface area contributed by atoms with Gasteiger partial charge in [-0.1, -0.05) is 6.07 Å². The molecule has 2 aliphatic heterocycles. The maximum Gasteiger partial charge on any atom is 0.341 e. The van der Waals surface area contributed by atoms with Gasteiger partial charge in [-0.05, 0) is 30.7 Å². The minimum Gasteiger partial charge on any atom is -0.452 e. The zero-order valence-corrected chi connectivity index (χ0v) is 21.6. The number of benzene rings is 2. The number of nitro groups is 1. The number of non-ortho nitro benzene ring substituents is 1. The molecule has 38 heavy (non-hydrogen) atoms. The molecule has 0 bridgehead atoms. The van der Waals surface area contributed by atoms with Crippen LogP contribution < -0.4 is 10.2 Å². The van der Waals surface area contributed by atoms with Gasteiger partial charge in [-0.25, -0.2) is 13.2 Å². The van der Waals surface area contributed by atoms with Crippen molar-refractivity contribution in [3.63, 3.8) is 0 Å². The van der Waals surface area contributed by atoms with Crippen molar-refractivity contribution in [3.8, 4) is 0 Å². The molecule has 1 N–H and O–H groups in total. The molecule has 0 aliphatic carbocycles. The number of carbonyl (C=O) groups is 2. The average molecular weight is 549 g/mol. The van der Waals surface area contributed by atoms with E-state index in [1.165, 1.54) is 22.5 Å². The molecule has 4 rings (SSSR count). The molecule has 2 aromatic rings. The molecule has 14 heteroatoms. The highest BCUT2D eigenvalue weighted by Crippen LogP contribution is 2.28. The van der Waals surface area contributed by atoms with Crippen molar-refractivity contribution in [2.24, 2.45) is 0 Å². The summed E-state index contributed by atoms with van der Waals surface area (Å²) in [5, 5.41) is 13.8. The predicted molar refractivity (Wildman–Crippen MR) is 136 cm³/mol. The Morgan fingerprint density at radius 2 is 1.68 bits per heavy atom. The standard InChI is InChI=1S/C24H28N4O9S/c1-17-2-3-18(14-22(17)38(33,34)27-8-12-36-13-9-27)25-23(29)16-37-24(30)20-15-19(28(31)32)4-5-21(20)26-6-10-35-11-7-26/h2-5,14-15H,6-13,16H2,1H3,(H,25,29). The van der Waals surface area contributed by atoms with Gasteiger partial charge in [0.25, 0.3) is 11.6 Å². The number of carbonyl (C=O) groups excluding carboxylic acids is 2. The Bertz CT molecular complexity index is 1320. The lowest BCUT2D eigenvalue weighted by molar-refractivity contribution is -0.384. The summed E-state index contributed by atoms with van der Waals surface area (Å²) in [7, 11) is -3.79. The summed E-state index contributed by atoms with van der Waals surface area (Å²) in [6, 6.07) is 8.37. The third-order valence-electron chi connectivity index (χ3n) is 6.16. The number of rotatable bonds is 8. The average Bonchev–Trinajstić information content (AvgIpc) is 2.93. The van der Waals surface area contributed by atoms with Gasteiger partial charge in [0, 0.05) is 44.0 Å². The van der Waals surface area contributed by atoms with E-state index < -0.39 is 33.4 Å². The van der Waals surface area contributed by atoms with Crippen molar-refractivity contribution in [1.82, 2.24) is 4.31 Å². The van der Waals surface area contributed by atoms with Crippen molar-refractivity contribution in [3.05, 3.63) is 57.6 Å². The number of amides is 1. The van der Waals surface area contributed by atoms with Crippen LogP contribution in [-0.4, -0.2) is 88.7 Å². The zero-order valence-electron chi connectivity index (χ0n) is 20.8. The number of nitrogens with zero attached hydrogens (tertiary/aromatic N) is 3. The van der Waals surface area contributed by atoms with E-state index in [-0.39, 0.29) is 34.9 Å². The van der Waals surface area contributed by atoms with E-state index in [0.717, 1.165) is 6.07 Å². The molecule has 0 spiro atoms. The van der Waals surface area contributed by atoms with Crippen molar-refractivity contribution in [2.45, 2.75) is 11.8 Å². The number of hydrogen-bond acceptors (Lipinski definition) is 10. The van der Waals surface area contributed by atoms with Gasteiger partial charge >= 0.3 is 5.97 Å². The number of esters is 1. The van der Waals surface area contributed by atoms with Crippen LogP contribution in [0.5, 0.6) is 0 Å². The molecule has 2 fully saturated rings. The summed E-state index contributed by atoms with van der Waals surface area (Å²) in [5.41, 5.74) is 0.853. The van der Waals surface area contributed by atoms with Crippen molar-refractivity contribution in [1.29, 1.82) is 0 Å². The first-order valence-corrected chi connectivity index (χ1v) is 13.4. The number of ether oxygens (including phenoxy) is 3. The summed E-state index contributed by atoms with van der Waals surface area (Å²) in [4.78, 5) is 38.0. The van der Waals surface area contributed by atoms with Gasteiger partial charge in [0.2, 0.25) is 10.0 Å². The Kier molecular flexibility index (Phi) is 8.56. The minimum absolute atomic E-state index is 0.0388. The van der Waals surface area contributed by atoms with Crippen LogP contribution in [0.4, 0.5) is 17.1 Å². The number of nitro benzene ring substituents is 1. The molecule has 204 valence electrons. The lowest BCUT2D eigenvalue weighted by Gasteiger charge is -2.30. The summed E-state index contributed by atoms with van der Waals surface area (Å²) in [6.07, 6.45) is 0. The molecule has 2 aliphatic rings. The Hall–Kier alpha value is -3.59. The molecule has 13 nitrogen and oxygen atoms in total. The van der Waals surface area contributed by atoms with Gasteiger partial charge in [-0.2, -0.15) is 4.31 Å². The first kappa shape index (κ1) is 27.4. The van der Waals surface area contributed by atoms with Crippen LogP contribution in [0.15, 0.2) is 41.3 Å². The van der Waals surface area contributed by atoms with Crippen LogP contribution in [0.2, 0.25) is 0 Å². The fourth-order valence-electron chi connectivity index (χ4n) is 4.17. The van der Waals surface area contributed by atoms with Crippen molar-refractivity contribution >= 4 is 39.0 Å². The minimum atomic E-state index is -3.79. The van der Waals surface area contributed by atoms with E-state index in [9.17, 15) is 28.1 Å². The normalized spacial score (nSPS) is 16.6. The molecule has 0 unspecified atom stereocenters. The lowest BCUT2D eigenvalue weighted by atomic mass is 10.1. The van der Waals surface area contributed by atoms with Gasteiger partial charge in [0.15, 0.2) is 6.61 Å². The molecule has 0 saturated carbocycles. The van der Waals surface area contributed by atoms with E-state index in [2.05, 4.69) is 5.32 Å². The number of anilines is 2. The summed E-state index contributed by atoms with van der Waals surface area (Å²) in [6.45, 7) is 3.91. The molecule has 0 aromatic heterocycles. The molecule has 2 heterocycles. The van der Waals surface area contributed by atoms with Crippen LogP contribution in [0.25, 0.3) is 0 Å². The molecular formula is C24H28N4O9S. The van der Waals surface area contributed by atoms with Crippen molar-refractivity contribution in [2.75, 3.05) is 69.4 Å². The first-order valence-electron chi connectivity index (χ1n) is 11.9. The van der Waals surface area contributed by atoms with E-state index in [4.69, 9.17) is 14.2 Å². The van der Waals surface area contributed by atoms with Gasteiger partial charge < -0.3 is 24.4 Å². The number of hydrogen-bond donors (Lipinski definition) is 1. The van der Waals surface area contributed by atoms with Gasteiger partial charge in [-0.3, -0.25) is 14.9 Å². The van der Waals surface area contributed by atoms with Crippen LogP contribution >= 0.6 is 0 Å². The molecule has 2 aromatic carbocycles. The Labute approximate surface area is 219 Å². The topological polar surface area (TPSA) is 158 Å². The number of nitrogens with one attached hydrogen (secondary N) is 1. The smallest absolute Gasteiger partial charge is 0.341 e. The summed E-state index contributed by atoms with van der Waals surface area (Å²) < 4.78 is 43.2. The largest absolute Gasteiger partial charge is 0.452 e. The van der Waals surface area contributed by atoms with Crippen LogP contribution in [0.1, 0.15) is 15.9 Å². The Morgan fingerprint density at radius 1 is 1.03 bits per heavy atom. The third-order valence-corrected chi connectivity index (χ3v) is 8.20. The monoisotopic (exact) mass is 548 g/mol. The maximum atomic E-state index is 13.1. The van der Waals surface area contributed by atoms with Crippen LogP contribution in [-0.2, 0) is 29.0 Å². The lowest BCUT2D eigenvalue weighted by Crippen LogP contribution is -2.40. The second kappa shape index (κ2) is 11.9. The fraction of sp³-hybridized carbons (Fsp3) is 0.417. The second-order valence-corrected chi connectivity index (χ2v) is 10.6. The van der Waals surface area contributed by atoms with Crippen molar-refractivity contribution < 1.29 is 37.1 Å². The van der Waals surface area contributed by atoms with E-state index in [1.807, 2.05) is 4.90 Å². The predicted octanol–water partition coefficient (Wildman–Crippen LogP) is 1.56.